The predicted octanol–water partition coefficient (Wildman–Crippen LogP) is 3.55. The van der Waals surface area contributed by atoms with Crippen LogP contribution in [-0.4, -0.2) is 70.7 Å². The van der Waals surface area contributed by atoms with Gasteiger partial charge in [-0.15, -0.1) is 0 Å². The Balaban J connectivity index is 1.52. The van der Waals surface area contributed by atoms with Crippen LogP contribution < -0.4 is 9.80 Å². The number of hydrogen-bond acceptors (Lipinski definition) is 5. The molecule has 0 radical (unpaired) electrons. The van der Waals surface area contributed by atoms with Crippen molar-refractivity contribution < 1.29 is 24.2 Å². The van der Waals surface area contributed by atoms with Crippen LogP contribution in [0.25, 0.3) is 0 Å². The monoisotopic (exact) mass is 555 g/mol. The molecular weight excluding hydrogens is 518 g/mol. The molecule has 1 unspecified atom stereocenters. The minimum atomic E-state index is -1.37. The SMILES string of the molecule is CC[C@@]12C=CCN(c3ccccc3)C(=O)[C@@H]1[C@H]1C(=O)N([C@H](C)CO)C3C(=O)N(c4cc(C)ccc4C)CC=C[C@@]31O2. The van der Waals surface area contributed by atoms with Gasteiger partial charge in [0.05, 0.1) is 30.1 Å². The van der Waals surface area contributed by atoms with Gasteiger partial charge >= 0.3 is 0 Å². The highest BCUT2D eigenvalue weighted by Crippen LogP contribution is 2.59. The summed E-state index contributed by atoms with van der Waals surface area (Å²) in [6.45, 7) is 7.96. The molecule has 4 aliphatic heterocycles. The van der Waals surface area contributed by atoms with Crippen molar-refractivity contribution in [2.75, 3.05) is 29.5 Å². The fraction of sp³-hybridized carbons (Fsp3) is 0.424. The van der Waals surface area contributed by atoms with Gasteiger partial charge in [0.15, 0.2) is 0 Å². The van der Waals surface area contributed by atoms with Gasteiger partial charge in [0, 0.05) is 24.5 Å². The average Bonchev–Trinajstić information content (AvgIpc) is 3.27. The molecule has 2 aromatic carbocycles. The molecule has 8 heteroatoms. The number of aliphatic hydroxyl groups is 1. The molecule has 214 valence electrons. The molecule has 2 aromatic rings. The number of amides is 3. The number of anilines is 2. The van der Waals surface area contributed by atoms with Crippen LogP contribution in [0.3, 0.4) is 0 Å². The maximum absolute atomic E-state index is 14.7. The van der Waals surface area contributed by atoms with E-state index in [-0.39, 0.29) is 24.3 Å². The van der Waals surface area contributed by atoms with Crippen molar-refractivity contribution in [1.82, 2.24) is 4.90 Å². The lowest BCUT2D eigenvalue weighted by molar-refractivity contribution is -0.148. The van der Waals surface area contributed by atoms with Gasteiger partial charge in [-0.3, -0.25) is 14.4 Å². The van der Waals surface area contributed by atoms with Crippen molar-refractivity contribution in [3.05, 3.63) is 84.0 Å². The number of benzene rings is 2. The number of ether oxygens (including phenoxy) is 1. The van der Waals surface area contributed by atoms with Gasteiger partial charge < -0.3 is 24.5 Å². The summed E-state index contributed by atoms with van der Waals surface area (Å²) in [5.74, 6) is -2.59. The van der Waals surface area contributed by atoms with Crippen molar-refractivity contribution in [2.24, 2.45) is 11.8 Å². The second kappa shape index (κ2) is 9.96. The molecule has 1 N–H and O–H groups in total. The Labute approximate surface area is 240 Å². The molecule has 8 nitrogen and oxygen atoms in total. The quantitative estimate of drug-likeness (QED) is 0.570. The number of aliphatic hydroxyl groups excluding tert-OH is 1. The first-order valence-corrected chi connectivity index (χ1v) is 14.4. The maximum Gasteiger partial charge on any atom is 0.253 e. The van der Waals surface area contributed by atoms with Crippen molar-refractivity contribution >= 4 is 29.1 Å². The van der Waals surface area contributed by atoms with E-state index in [2.05, 4.69) is 0 Å². The van der Waals surface area contributed by atoms with E-state index in [0.29, 0.717) is 19.5 Å². The number of para-hydroxylation sites is 1. The third-order valence-corrected chi connectivity index (χ3v) is 9.34. The van der Waals surface area contributed by atoms with E-state index in [9.17, 15) is 19.5 Å². The smallest absolute Gasteiger partial charge is 0.253 e. The van der Waals surface area contributed by atoms with Gasteiger partial charge in [-0.05, 0) is 56.5 Å². The molecule has 4 heterocycles. The van der Waals surface area contributed by atoms with Crippen molar-refractivity contribution in [3.8, 4) is 0 Å². The number of carbonyl (C=O) groups is 3. The first kappa shape index (κ1) is 27.4. The van der Waals surface area contributed by atoms with E-state index in [1.54, 1.807) is 16.7 Å². The summed E-state index contributed by atoms with van der Waals surface area (Å²) in [5, 5.41) is 10.2. The first-order chi connectivity index (χ1) is 19.7. The molecule has 1 spiro atoms. The van der Waals surface area contributed by atoms with Gasteiger partial charge in [-0.1, -0.05) is 61.6 Å². The lowest BCUT2D eigenvalue weighted by Gasteiger charge is -2.40. The number of likely N-dealkylation sites (tertiary alicyclic amines) is 1. The highest BCUT2D eigenvalue weighted by atomic mass is 16.5. The molecule has 0 saturated carbocycles. The molecule has 2 fully saturated rings. The van der Waals surface area contributed by atoms with E-state index < -0.39 is 35.1 Å². The normalized spacial score (nSPS) is 31.6. The maximum atomic E-state index is 14.7. The molecule has 2 saturated heterocycles. The Morgan fingerprint density at radius 1 is 0.927 bits per heavy atom. The summed E-state index contributed by atoms with van der Waals surface area (Å²) >= 11 is 0. The Kier molecular flexibility index (Phi) is 6.66. The molecule has 41 heavy (non-hydrogen) atoms. The fourth-order valence-electron chi connectivity index (χ4n) is 7.33. The van der Waals surface area contributed by atoms with Gasteiger partial charge in [-0.25, -0.2) is 0 Å². The van der Waals surface area contributed by atoms with E-state index in [1.807, 2.05) is 93.6 Å². The van der Waals surface area contributed by atoms with Gasteiger partial charge in [-0.2, -0.15) is 0 Å². The number of carbonyl (C=O) groups excluding carboxylic acids is 3. The summed E-state index contributed by atoms with van der Waals surface area (Å²) in [7, 11) is 0. The predicted molar refractivity (Wildman–Crippen MR) is 156 cm³/mol. The van der Waals surface area contributed by atoms with Crippen LogP contribution in [0.2, 0.25) is 0 Å². The highest BCUT2D eigenvalue weighted by Gasteiger charge is 2.75. The molecule has 0 aliphatic carbocycles. The zero-order valence-corrected chi connectivity index (χ0v) is 24.0. The Bertz CT molecular complexity index is 1450. The Morgan fingerprint density at radius 3 is 2.34 bits per heavy atom. The van der Waals surface area contributed by atoms with Crippen LogP contribution in [0.5, 0.6) is 0 Å². The van der Waals surface area contributed by atoms with E-state index >= 15 is 0 Å². The van der Waals surface area contributed by atoms with Gasteiger partial charge in [0.2, 0.25) is 11.8 Å². The van der Waals surface area contributed by atoms with Crippen LogP contribution in [0.15, 0.2) is 72.8 Å². The Morgan fingerprint density at radius 2 is 1.63 bits per heavy atom. The van der Waals surface area contributed by atoms with E-state index in [0.717, 1.165) is 22.5 Å². The average molecular weight is 556 g/mol. The molecule has 0 bridgehead atoms. The van der Waals surface area contributed by atoms with Crippen molar-refractivity contribution in [3.63, 3.8) is 0 Å². The van der Waals surface area contributed by atoms with Gasteiger partial charge in [0.1, 0.15) is 11.6 Å². The van der Waals surface area contributed by atoms with Crippen molar-refractivity contribution in [1.29, 1.82) is 0 Å². The van der Waals surface area contributed by atoms with E-state index in [4.69, 9.17) is 4.74 Å². The largest absolute Gasteiger partial charge is 0.394 e. The number of hydrogen-bond donors (Lipinski definition) is 1. The summed E-state index contributed by atoms with van der Waals surface area (Å²) in [5.41, 5.74) is 1.04. The lowest BCUT2D eigenvalue weighted by atomic mass is 9.73. The molecule has 6 atom stereocenters. The first-order valence-electron chi connectivity index (χ1n) is 14.4. The zero-order valence-electron chi connectivity index (χ0n) is 24.0. The molecule has 4 aliphatic rings. The third kappa shape index (κ3) is 3.91. The highest BCUT2D eigenvalue weighted by molar-refractivity contribution is 6.08. The number of nitrogens with zero attached hydrogens (tertiary/aromatic N) is 3. The molecule has 6 rings (SSSR count). The van der Waals surface area contributed by atoms with Crippen LogP contribution in [0.4, 0.5) is 11.4 Å². The third-order valence-electron chi connectivity index (χ3n) is 9.34. The van der Waals surface area contributed by atoms with Crippen LogP contribution in [-0.2, 0) is 19.1 Å². The summed E-state index contributed by atoms with van der Waals surface area (Å²) in [6.07, 6.45) is 8.07. The van der Waals surface area contributed by atoms with Crippen LogP contribution in [0.1, 0.15) is 31.4 Å². The van der Waals surface area contributed by atoms with Crippen LogP contribution in [0, 0.1) is 25.7 Å². The fourth-order valence-corrected chi connectivity index (χ4v) is 7.33. The van der Waals surface area contributed by atoms with Gasteiger partial charge in [0.25, 0.3) is 5.91 Å². The molecular formula is C33H37N3O5. The second-order valence-electron chi connectivity index (χ2n) is 11.7. The Hall–Kier alpha value is -3.75. The number of aryl methyl sites for hydroxylation is 2. The van der Waals surface area contributed by atoms with Crippen molar-refractivity contribution in [2.45, 2.75) is 57.4 Å². The number of rotatable bonds is 5. The summed E-state index contributed by atoms with van der Waals surface area (Å²) < 4.78 is 7.02. The van der Waals surface area contributed by atoms with E-state index in [1.165, 1.54) is 4.90 Å². The summed E-state index contributed by atoms with van der Waals surface area (Å²) in [6, 6.07) is 13.7. The standard InChI is InChI=1S/C33H37N3O5/c1-5-32-15-9-17-34(24-11-7-6-8-12-24)29(38)26(32)27-30(39)36(23(4)20-37)28-31(40)35(18-10-16-33(27,28)41-32)25-19-21(2)13-14-22(25)3/h6-16,19,23,26-28,37H,5,17-18,20H2,1-4H3/t23-,26+,27+,28?,32-,33+/m1/s1. The zero-order chi connectivity index (χ0) is 29.1. The lowest BCUT2D eigenvalue weighted by Crippen LogP contribution is -2.58. The second-order valence-corrected chi connectivity index (χ2v) is 11.7. The minimum absolute atomic E-state index is 0.202. The minimum Gasteiger partial charge on any atom is -0.394 e. The molecule has 0 aromatic heterocycles. The number of fused-ring (bicyclic) bond motifs is 2. The topological polar surface area (TPSA) is 90.4 Å². The molecule has 3 amide bonds. The summed E-state index contributed by atoms with van der Waals surface area (Å²) in [4.78, 5) is 48.6. The van der Waals surface area contributed by atoms with Crippen LogP contribution >= 0.6 is 0 Å².